The monoisotopic (exact) mass is 257 g/mol. The van der Waals surface area contributed by atoms with E-state index in [9.17, 15) is 0 Å². The van der Waals surface area contributed by atoms with E-state index in [-0.39, 0.29) is 5.60 Å². The first-order chi connectivity index (χ1) is 8.65. The van der Waals surface area contributed by atoms with Crippen LogP contribution in [-0.4, -0.2) is 57.0 Å². The molecule has 5 heteroatoms. The Morgan fingerprint density at radius 2 is 2.06 bits per heavy atom. The third-order valence-corrected chi connectivity index (χ3v) is 4.28. The van der Waals surface area contributed by atoms with Gasteiger partial charge in [-0.3, -0.25) is 11.3 Å². The molecular formula is C13H27N3O2. The fourth-order valence-corrected chi connectivity index (χ4v) is 3.23. The first-order valence-corrected chi connectivity index (χ1v) is 6.98. The lowest BCUT2D eigenvalue weighted by atomic mass is 9.78. The molecule has 2 rings (SSSR count). The van der Waals surface area contributed by atoms with E-state index in [2.05, 4.69) is 24.4 Å². The molecule has 5 nitrogen and oxygen atoms in total. The highest BCUT2D eigenvalue weighted by atomic mass is 16.5. The third kappa shape index (κ3) is 3.42. The summed E-state index contributed by atoms with van der Waals surface area (Å²) in [6, 6.07) is 0.351. The average Bonchev–Trinajstić information content (AvgIpc) is 2.36. The number of hydrazine groups is 1. The zero-order valence-corrected chi connectivity index (χ0v) is 11.7. The summed E-state index contributed by atoms with van der Waals surface area (Å²) in [5, 5.41) is 0. The molecule has 0 aromatic heterocycles. The normalized spacial score (nSPS) is 29.7. The van der Waals surface area contributed by atoms with Crippen LogP contribution in [0.25, 0.3) is 0 Å². The van der Waals surface area contributed by atoms with Gasteiger partial charge in [-0.15, -0.1) is 0 Å². The predicted molar refractivity (Wildman–Crippen MR) is 71.1 cm³/mol. The van der Waals surface area contributed by atoms with Crippen LogP contribution in [0.1, 0.15) is 25.7 Å². The number of hydrogen-bond acceptors (Lipinski definition) is 5. The Bertz CT molecular complexity index is 249. The van der Waals surface area contributed by atoms with Crippen molar-refractivity contribution in [3.8, 4) is 0 Å². The molecule has 18 heavy (non-hydrogen) atoms. The molecule has 0 radical (unpaired) electrons. The second-order valence-electron chi connectivity index (χ2n) is 5.93. The maximum absolute atomic E-state index is 6.07. The van der Waals surface area contributed by atoms with Gasteiger partial charge < -0.3 is 14.4 Å². The molecule has 0 amide bonds. The second kappa shape index (κ2) is 6.30. The molecule has 1 spiro atoms. The molecule has 2 aliphatic heterocycles. The van der Waals surface area contributed by atoms with Crippen molar-refractivity contribution in [1.82, 2.24) is 10.3 Å². The SMILES string of the molecule is CN(C)CC(NN)C1CCOC2(CCOCC2)C1. The minimum Gasteiger partial charge on any atom is -0.381 e. The number of nitrogens with zero attached hydrogens (tertiary/aromatic N) is 1. The van der Waals surface area contributed by atoms with E-state index in [0.29, 0.717) is 12.0 Å². The van der Waals surface area contributed by atoms with Crippen LogP contribution >= 0.6 is 0 Å². The zero-order valence-electron chi connectivity index (χ0n) is 11.7. The molecule has 2 saturated heterocycles. The van der Waals surface area contributed by atoms with Gasteiger partial charge in [0, 0.05) is 32.4 Å². The Morgan fingerprint density at radius 3 is 2.67 bits per heavy atom. The summed E-state index contributed by atoms with van der Waals surface area (Å²) in [7, 11) is 4.18. The summed E-state index contributed by atoms with van der Waals surface area (Å²) < 4.78 is 11.5. The van der Waals surface area contributed by atoms with Gasteiger partial charge in [0.25, 0.3) is 0 Å². The molecule has 2 heterocycles. The molecule has 0 aromatic carbocycles. The van der Waals surface area contributed by atoms with E-state index in [1.165, 1.54) is 0 Å². The molecule has 0 aromatic rings. The topological polar surface area (TPSA) is 59.8 Å². The van der Waals surface area contributed by atoms with E-state index in [1.54, 1.807) is 0 Å². The summed E-state index contributed by atoms with van der Waals surface area (Å²) in [6.45, 7) is 3.51. The molecule has 0 bridgehead atoms. The Kier molecular flexibility index (Phi) is 4.98. The van der Waals surface area contributed by atoms with Gasteiger partial charge in [0.1, 0.15) is 0 Å². The highest BCUT2D eigenvalue weighted by molar-refractivity contribution is 4.92. The van der Waals surface area contributed by atoms with E-state index in [0.717, 1.165) is 52.0 Å². The van der Waals surface area contributed by atoms with Gasteiger partial charge in [0.2, 0.25) is 0 Å². The van der Waals surface area contributed by atoms with E-state index in [4.69, 9.17) is 15.3 Å². The Balaban J connectivity index is 1.96. The van der Waals surface area contributed by atoms with Gasteiger partial charge in [-0.25, -0.2) is 0 Å². The summed E-state index contributed by atoms with van der Waals surface area (Å²) >= 11 is 0. The summed E-state index contributed by atoms with van der Waals surface area (Å²) in [6.07, 6.45) is 4.27. The Morgan fingerprint density at radius 1 is 1.33 bits per heavy atom. The first kappa shape index (κ1) is 14.2. The van der Waals surface area contributed by atoms with Crippen LogP contribution in [0.2, 0.25) is 0 Å². The Hall–Kier alpha value is -0.200. The fourth-order valence-electron chi connectivity index (χ4n) is 3.23. The summed E-state index contributed by atoms with van der Waals surface area (Å²) in [5.41, 5.74) is 3.05. The van der Waals surface area contributed by atoms with E-state index in [1.807, 2.05) is 0 Å². The lowest BCUT2D eigenvalue weighted by Crippen LogP contribution is -2.53. The van der Waals surface area contributed by atoms with Crippen LogP contribution < -0.4 is 11.3 Å². The molecule has 2 atom stereocenters. The number of rotatable bonds is 4. The van der Waals surface area contributed by atoms with Crippen LogP contribution in [0.4, 0.5) is 0 Å². The van der Waals surface area contributed by atoms with Crippen molar-refractivity contribution in [2.75, 3.05) is 40.5 Å². The van der Waals surface area contributed by atoms with E-state index < -0.39 is 0 Å². The van der Waals surface area contributed by atoms with Gasteiger partial charge in [0.15, 0.2) is 0 Å². The lowest BCUT2D eigenvalue weighted by Gasteiger charge is -2.45. The van der Waals surface area contributed by atoms with Gasteiger partial charge in [-0.05, 0) is 45.7 Å². The average molecular weight is 257 g/mol. The predicted octanol–water partition coefficient (Wildman–Crippen LogP) is 0.356. The fraction of sp³-hybridized carbons (Fsp3) is 1.00. The van der Waals surface area contributed by atoms with Crippen molar-refractivity contribution in [3.05, 3.63) is 0 Å². The maximum atomic E-state index is 6.07. The standard InChI is InChI=1S/C13H27N3O2/c1-16(2)10-12(15-14)11-3-6-18-13(9-11)4-7-17-8-5-13/h11-12,15H,3-10,14H2,1-2H3. The number of nitrogens with one attached hydrogen (secondary N) is 1. The van der Waals surface area contributed by atoms with E-state index >= 15 is 0 Å². The number of nitrogens with two attached hydrogens (primary N) is 1. The van der Waals surface area contributed by atoms with Gasteiger partial charge in [0.05, 0.1) is 5.60 Å². The van der Waals surface area contributed by atoms with Crippen LogP contribution in [0.5, 0.6) is 0 Å². The van der Waals surface area contributed by atoms with Gasteiger partial charge in [-0.1, -0.05) is 0 Å². The van der Waals surface area contributed by atoms with Crippen molar-refractivity contribution >= 4 is 0 Å². The summed E-state index contributed by atoms with van der Waals surface area (Å²) in [5.74, 6) is 6.33. The minimum atomic E-state index is 0.0581. The molecule has 106 valence electrons. The van der Waals surface area contributed by atoms with Crippen molar-refractivity contribution in [2.45, 2.75) is 37.3 Å². The molecule has 0 saturated carbocycles. The molecule has 2 unspecified atom stereocenters. The maximum Gasteiger partial charge on any atom is 0.0729 e. The zero-order chi connectivity index (χ0) is 13.0. The molecular weight excluding hydrogens is 230 g/mol. The van der Waals surface area contributed by atoms with Crippen molar-refractivity contribution in [1.29, 1.82) is 0 Å². The largest absolute Gasteiger partial charge is 0.381 e. The molecule has 0 aliphatic carbocycles. The highest BCUT2D eigenvalue weighted by Gasteiger charge is 2.41. The number of ether oxygens (including phenoxy) is 2. The Labute approximate surface area is 110 Å². The van der Waals surface area contributed by atoms with Crippen LogP contribution in [0, 0.1) is 5.92 Å². The van der Waals surface area contributed by atoms with Crippen molar-refractivity contribution < 1.29 is 9.47 Å². The van der Waals surface area contributed by atoms with Crippen LogP contribution in [-0.2, 0) is 9.47 Å². The third-order valence-electron chi connectivity index (χ3n) is 4.28. The quantitative estimate of drug-likeness (QED) is 0.562. The summed E-state index contributed by atoms with van der Waals surface area (Å²) in [4.78, 5) is 2.19. The number of likely N-dealkylation sites (N-methyl/N-ethyl adjacent to an activating group) is 1. The van der Waals surface area contributed by atoms with Gasteiger partial charge in [-0.2, -0.15) is 0 Å². The molecule has 3 N–H and O–H groups in total. The minimum absolute atomic E-state index is 0.0581. The smallest absolute Gasteiger partial charge is 0.0729 e. The van der Waals surface area contributed by atoms with Crippen molar-refractivity contribution in [2.24, 2.45) is 11.8 Å². The first-order valence-electron chi connectivity index (χ1n) is 6.98. The molecule has 2 aliphatic rings. The number of hydrogen-bond donors (Lipinski definition) is 2. The van der Waals surface area contributed by atoms with Gasteiger partial charge >= 0.3 is 0 Å². The molecule has 2 fully saturated rings. The lowest BCUT2D eigenvalue weighted by molar-refractivity contribution is -0.150. The van der Waals surface area contributed by atoms with Crippen LogP contribution in [0.15, 0.2) is 0 Å². The highest BCUT2D eigenvalue weighted by Crippen LogP contribution is 2.38. The van der Waals surface area contributed by atoms with Crippen LogP contribution in [0.3, 0.4) is 0 Å². The second-order valence-corrected chi connectivity index (χ2v) is 5.93. The van der Waals surface area contributed by atoms with Crippen molar-refractivity contribution in [3.63, 3.8) is 0 Å².